The van der Waals surface area contributed by atoms with Crippen LogP contribution in [0, 0.1) is 20.8 Å². The van der Waals surface area contributed by atoms with Crippen LogP contribution in [-0.4, -0.2) is 0 Å². The van der Waals surface area contributed by atoms with Crippen molar-refractivity contribution in [1.82, 2.24) is 0 Å². The fourth-order valence-corrected chi connectivity index (χ4v) is 1.40. The van der Waals surface area contributed by atoms with Crippen molar-refractivity contribution in [2.75, 3.05) is 0 Å². The van der Waals surface area contributed by atoms with E-state index in [1.165, 1.54) is 22.3 Å². The van der Waals surface area contributed by atoms with E-state index in [4.69, 9.17) is 0 Å². The van der Waals surface area contributed by atoms with Crippen molar-refractivity contribution in [2.45, 2.75) is 48.0 Å². The average molecular weight is 178 g/mol. The molecule has 0 nitrogen and oxygen atoms in total. The van der Waals surface area contributed by atoms with Crippen molar-refractivity contribution >= 4 is 0 Å². The molecule has 0 aliphatic carbocycles. The van der Waals surface area contributed by atoms with E-state index in [2.05, 4.69) is 39.8 Å². The Kier molecular flexibility index (Phi) is 5.45. The third kappa shape index (κ3) is 2.87. The van der Waals surface area contributed by atoms with Crippen LogP contribution >= 0.6 is 0 Å². The van der Waals surface area contributed by atoms with E-state index in [0.29, 0.717) is 0 Å². The first-order valence-electron chi connectivity index (χ1n) is 5.22. The zero-order valence-electron chi connectivity index (χ0n) is 9.86. The van der Waals surface area contributed by atoms with Gasteiger partial charge in [0.25, 0.3) is 0 Å². The molecule has 0 atom stereocenters. The normalized spacial score (nSPS) is 9.08. The molecular formula is C13H22. The molecule has 0 fully saturated rings. The molecule has 0 bridgehead atoms. The largest absolute Gasteiger partial charge is 0.0683 e. The summed E-state index contributed by atoms with van der Waals surface area (Å²) in [7, 11) is 0. The highest BCUT2D eigenvalue weighted by Gasteiger charge is 2.00. The quantitative estimate of drug-likeness (QED) is 0.604. The topological polar surface area (TPSA) is 0 Å². The van der Waals surface area contributed by atoms with Gasteiger partial charge in [0.2, 0.25) is 0 Å². The summed E-state index contributed by atoms with van der Waals surface area (Å²) in [5.41, 5.74) is 5.80. The lowest BCUT2D eigenvalue weighted by molar-refractivity contribution is 1.08. The van der Waals surface area contributed by atoms with E-state index in [-0.39, 0.29) is 0 Å². The molecule has 1 rings (SSSR count). The summed E-state index contributed by atoms with van der Waals surface area (Å²) in [6.45, 7) is 12.8. The fourth-order valence-electron chi connectivity index (χ4n) is 1.40. The van der Waals surface area contributed by atoms with Gasteiger partial charge in [0.05, 0.1) is 0 Å². The van der Waals surface area contributed by atoms with Gasteiger partial charge in [-0.15, -0.1) is 0 Å². The Hall–Kier alpha value is -0.780. The van der Waals surface area contributed by atoms with Crippen molar-refractivity contribution < 1.29 is 0 Å². The predicted octanol–water partition coefficient (Wildman–Crippen LogP) is 4.20. The third-order valence-corrected chi connectivity index (χ3v) is 2.55. The molecule has 74 valence electrons. The molecule has 0 aromatic heterocycles. The van der Waals surface area contributed by atoms with Crippen LogP contribution in [0.4, 0.5) is 0 Å². The zero-order valence-corrected chi connectivity index (χ0v) is 9.86. The Morgan fingerprint density at radius 3 is 1.92 bits per heavy atom. The Bertz CT molecular complexity index is 259. The van der Waals surface area contributed by atoms with Crippen LogP contribution in [-0.2, 0) is 6.42 Å². The van der Waals surface area contributed by atoms with Crippen molar-refractivity contribution in [3.63, 3.8) is 0 Å². The molecule has 0 N–H and O–H groups in total. The van der Waals surface area contributed by atoms with Gasteiger partial charge < -0.3 is 0 Å². The van der Waals surface area contributed by atoms with Crippen LogP contribution in [0.15, 0.2) is 12.1 Å². The van der Waals surface area contributed by atoms with E-state index in [1.54, 1.807) is 0 Å². The van der Waals surface area contributed by atoms with Gasteiger partial charge in [-0.05, 0) is 49.4 Å². The lowest BCUT2D eigenvalue weighted by Crippen LogP contribution is -1.92. The van der Waals surface area contributed by atoms with Crippen molar-refractivity contribution in [1.29, 1.82) is 0 Å². The summed E-state index contributed by atoms with van der Waals surface area (Å²) in [4.78, 5) is 0. The first-order valence-corrected chi connectivity index (χ1v) is 5.22. The Morgan fingerprint density at radius 2 is 1.46 bits per heavy atom. The maximum absolute atomic E-state index is 2.23. The van der Waals surface area contributed by atoms with Crippen LogP contribution < -0.4 is 0 Å². The first-order chi connectivity index (χ1) is 6.16. The highest BCUT2D eigenvalue weighted by molar-refractivity contribution is 5.38. The number of benzene rings is 1. The molecule has 1 aromatic rings. The summed E-state index contributed by atoms with van der Waals surface area (Å²) in [5.74, 6) is 0. The van der Waals surface area contributed by atoms with Crippen LogP contribution in [0.25, 0.3) is 0 Å². The molecule has 0 unspecified atom stereocenters. The molecule has 0 saturated carbocycles. The lowest BCUT2D eigenvalue weighted by Gasteiger charge is -2.08. The number of hydrogen-bond acceptors (Lipinski definition) is 0. The lowest BCUT2D eigenvalue weighted by atomic mass is 9.98. The molecule has 0 saturated heterocycles. The minimum atomic E-state index is 1.15. The molecule has 13 heavy (non-hydrogen) atoms. The number of hydrogen-bond donors (Lipinski definition) is 0. The Morgan fingerprint density at radius 1 is 0.923 bits per heavy atom. The molecule has 0 heterocycles. The molecule has 0 amide bonds. The van der Waals surface area contributed by atoms with Crippen molar-refractivity contribution in [2.24, 2.45) is 0 Å². The minimum absolute atomic E-state index is 1.15. The van der Waals surface area contributed by atoms with Crippen molar-refractivity contribution in [3.05, 3.63) is 34.4 Å². The summed E-state index contributed by atoms with van der Waals surface area (Å²) in [5, 5.41) is 0. The number of rotatable bonds is 1. The van der Waals surface area contributed by atoms with E-state index < -0.39 is 0 Å². The van der Waals surface area contributed by atoms with Crippen LogP contribution in [0.5, 0.6) is 0 Å². The third-order valence-electron chi connectivity index (χ3n) is 2.55. The summed E-state index contributed by atoms with van der Waals surface area (Å²) < 4.78 is 0. The maximum Gasteiger partial charge on any atom is -0.0305 e. The molecule has 1 aromatic carbocycles. The monoisotopic (exact) mass is 178 g/mol. The van der Waals surface area contributed by atoms with Gasteiger partial charge in [0, 0.05) is 0 Å². The van der Waals surface area contributed by atoms with Gasteiger partial charge >= 0.3 is 0 Å². The zero-order chi connectivity index (χ0) is 10.4. The summed E-state index contributed by atoms with van der Waals surface area (Å²) in [6.07, 6.45) is 1.15. The molecule has 0 radical (unpaired) electrons. The van der Waals surface area contributed by atoms with Gasteiger partial charge in [-0.25, -0.2) is 0 Å². The van der Waals surface area contributed by atoms with Crippen LogP contribution in [0.1, 0.15) is 43.0 Å². The second-order valence-electron chi connectivity index (χ2n) is 3.15. The Balaban J connectivity index is 0.000000671. The Labute approximate surface area is 83.0 Å². The minimum Gasteiger partial charge on any atom is -0.0683 e. The summed E-state index contributed by atoms with van der Waals surface area (Å²) >= 11 is 0. The summed E-state index contributed by atoms with van der Waals surface area (Å²) in [6, 6.07) is 4.44. The smallest absolute Gasteiger partial charge is 0.0305 e. The first kappa shape index (κ1) is 12.2. The highest BCUT2D eigenvalue weighted by atomic mass is 14.1. The van der Waals surface area contributed by atoms with E-state index >= 15 is 0 Å². The van der Waals surface area contributed by atoms with Crippen LogP contribution in [0.2, 0.25) is 0 Å². The SMILES string of the molecule is CC.CCc1ccc(C)c(C)c1C. The van der Waals surface area contributed by atoms with Gasteiger partial charge in [-0.1, -0.05) is 32.9 Å². The fraction of sp³-hybridized carbons (Fsp3) is 0.538. The molecule has 0 heteroatoms. The van der Waals surface area contributed by atoms with Gasteiger partial charge in [0.15, 0.2) is 0 Å². The maximum atomic E-state index is 2.23. The predicted molar refractivity (Wildman–Crippen MR) is 61.4 cm³/mol. The molecule has 0 aliphatic heterocycles. The number of aryl methyl sites for hydroxylation is 2. The second-order valence-corrected chi connectivity index (χ2v) is 3.15. The van der Waals surface area contributed by atoms with Crippen molar-refractivity contribution in [3.8, 4) is 0 Å². The molecular weight excluding hydrogens is 156 g/mol. The highest BCUT2D eigenvalue weighted by Crippen LogP contribution is 2.16. The second kappa shape index (κ2) is 5.80. The van der Waals surface area contributed by atoms with E-state index in [0.717, 1.165) is 6.42 Å². The molecule has 0 aliphatic rings. The molecule has 0 spiro atoms. The van der Waals surface area contributed by atoms with Gasteiger partial charge in [0.1, 0.15) is 0 Å². The van der Waals surface area contributed by atoms with E-state index in [1.807, 2.05) is 13.8 Å². The van der Waals surface area contributed by atoms with Gasteiger partial charge in [-0.3, -0.25) is 0 Å². The standard InChI is InChI=1S/C11H16.C2H6/c1-5-11-7-6-8(2)9(3)10(11)4;1-2/h6-7H,5H2,1-4H3;1-2H3. The van der Waals surface area contributed by atoms with E-state index in [9.17, 15) is 0 Å². The van der Waals surface area contributed by atoms with Crippen LogP contribution in [0.3, 0.4) is 0 Å². The average Bonchev–Trinajstić information content (AvgIpc) is 2.18. The van der Waals surface area contributed by atoms with Gasteiger partial charge in [-0.2, -0.15) is 0 Å².